The maximum atomic E-state index is 12.3. The van der Waals surface area contributed by atoms with Gasteiger partial charge in [0.1, 0.15) is 11.2 Å². The number of hydrogen-bond acceptors (Lipinski definition) is 7. The summed E-state index contributed by atoms with van der Waals surface area (Å²) in [4.78, 5) is 48.4. The van der Waals surface area contributed by atoms with Crippen molar-refractivity contribution >= 4 is 24.1 Å². The molecule has 0 atom stereocenters. The van der Waals surface area contributed by atoms with Gasteiger partial charge >= 0.3 is 18.2 Å². The van der Waals surface area contributed by atoms with Crippen LogP contribution in [0.25, 0.3) is 0 Å². The fraction of sp³-hybridized carbons (Fsp3) is 0.667. The number of amides is 3. The van der Waals surface area contributed by atoms with Crippen molar-refractivity contribution in [2.75, 3.05) is 6.61 Å². The lowest BCUT2D eigenvalue weighted by molar-refractivity contribution is -0.140. The molecule has 0 aromatic carbocycles. The molecule has 26 heavy (non-hydrogen) atoms. The zero-order chi connectivity index (χ0) is 20.7. The molecule has 0 saturated heterocycles. The van der Waals surface area contributed by atoms with E-state index in [4.69, 9.17) is 14.2 Å². The Morgan fingerprint density at radius 2 is 1.31 bits per heavy atom. The summed E-state index contributed by atoms with van der Waals surface area (Å²) >= 11 is 0. The first kappa shape index (κ1) is 23.6. The molecule has 0 aliphatic heterocycles. The Balaban J connectivity index is 5.00. The maximum absolute atomic E-state index is 12.3. The lowest BCUT2D eigenvalue weighted by atomic mass is 10.2. The molecular weight excluding hydrogens is 342 g/mol. The SMILES string of the molecule is C=C(C)C(=O)OCCCC(=O)N(C(=O)OC(C)(C)C)C(=O)OC(C)(C)C. The number of nitrogens with zero attached hydrogens (tertiary/aromatic N) is 1. The summed E-state index contributed by atoms with van der Waals surface area (Å²) in [7, 11) is 0. The molecule has 3 amide bonds. The number of rotatable bonds is 5. The minimum Gasteiger partial charge on any atom is -0.462 e. The van der Waals surface area contributed by atoms with Crippen LogP contribution in [-0.2, 0) is 23.8 Å². The van der Waals surface area contributed by atoms with Gasteiger partial charge in [-0.3, -0.25) is 4.79 Å². The Kier molecular flexibility index (Phi) is 8.50. The topological polar surface area (TPSA) is 99.2 Å². The van der Waals surface area contributed by atoms with Crippen LogP contribution in [0.5, 0.6) is 0 Å². The van der Waals surface area contributed by atoms with E-state index in [0.29, 0.717) is 4.90 Å². The molecule has 0 N–H and O–H groups in total. The predicted octanol–water partition coefficient (Wildman–Crippen LogP) is 3.58. The Hall–Kier alpha value is -2.38. The zero-order valence-corrected chi connectivity index (χ0v) is 16.6. The molecule has 0 spiro atoms. The number of ether oxygens (including phenoxy) is 3. The highest BCUT2D eigenvalue weighted by molar-refractivity contribution is 6.06. The molecule has 0 rings (SSSR count). The number of hydrogen-bond donors (Lipinski definition) is 0. The van der Waals surface area contributed by atoms with Crippen LogP contribution in [0.1, 0.15) is 61.3 Å². The standard InChI is InChI=1S/C18H29NO7/c1-12(2)14(21)24-11-9-10-13(20)19(15(22)25-17(3,4)5)16(23)26-18(6,7)8/h1,9-11H2,2-8H3. The molecule has 0 bridgehead atoms. The van der Waals surface area contributed by atoms with Gasteiger partial charge in [-0.05, 0) is 54.9 Å². The minimum atomic E-state index is -1.12. The van der Waals surface area contributed by atoms with E-state index in [0.717, 1.165) is 0 Å². The zero-order valence-electron chi connectivity index (χ0n) is 16.6. The Morgan fingerprint density at radius 3 is 1.65 bits per heavy atom. The highest BCUT2D eigenvalue weighted by Gasteiger charge is 2.35. The van der Waals surface area contributed by atoms with E-state index in [-0.39, 0.29) is 25.0 Å². The van der Waals surface area contributed by atoms with E-state index in [1.54, 1.807) is 41.5 Å². The fourth-order valence-electron chi connectivity index (χ4n) is 1.52. The van der Waals surface area contributed by atoms with Crippen LogP contribution < -0.4 is 0 Å². The smallest absolute Gasteiger partial charge is 0.426 e. The van der Waals surface area contributed by atoms with E-state index in [2.05, 4.69) is 6.58 Å². The summed E-state index contributed by atoms with van der Waals surface area (Å²) in [6, 6.07) is 0. The van der Waals surface area contributed by atoms with Gasteiger partial charge < -0.3 is 14.2 Å². The van der Waals surface area contributed by atoms with Crippen LogP contribution >= 0.6 is 0 Å². The molecule has 0 unspecified atom stereocenters. The van der Waals surface area contributed by atoms with Crippen molar-refractivity contribution in [3.8, 4) is 0 Å². The molecular formula is C18H29NO7. The monoisotopic (exact) mass is 371 g/mol. The molecule has 0 aromatic rings. The van der Waals surface area contributed by atoms with Gasteiger partial charge in [-0.25, -0.2) is 14.4 Å². The van der Waals surface area contributed by atoms with E-state index < -0.39 is 35.3 Å². The van der Waals surface area contributed by atoms with Gasteiger partial charge in [0.05, 0.1) is 6.61 Å². The predicted molar refractivity (Wildman–Crippen MR) is 94.3 cm³/mol. The molecule has 0 aromatic heterocycles. The van der Waals surface area contributed by atoms with Gasteiger partial charge in [0.2, 0.25) is 5.91 Å². The first-order valence-corrected chi connectivity index (χ1v) is 8.25. The maximum Gasteiger partial charge on any atom is 0.426 e. The third-order valence-electron chi connectivity index (χ3n) is 2.52. The number of carbonyl (C=O) groups excluding carboxylic acids is 4. The largest absolute Gasteiger partial charge is 0.462 e. The lowest BCUT2D eigenvalue weighted by Crippen LogP contribution is -2.46. The minimum absolute atomic E-state index is 0.0477. The van der Waals surface area contributed by atoms with Gasteiger partial charge in [-0.15, -0.1) is 4.90 Å². The molecule has 8 nitrogen and oxygen atoms in total. The molecule has 8 heteroatoms. The molecule has 0 radical (unpaired) electrons. The highest BCUT2D eigenvalue weighted by atomic mass is 16.6. The second kappa shape index (κ2) is 9.35. The lowest BCUT2D eigenvalue weighted by Gasteiger charge is -2.27. The van der Waals surface area contributed by atoms with E-state index in [1.165, 1.54) is 6.92 Å². The summed E-state index contributed by atoms with van der Waals surface area (Å²) in [5, 5.41) is 0. The number of carbonyl (C=O) groups is 4. The van der Waals surface area contributed by atoms with Crippen LogP contribution in [0.15, 0.2) is 12.2 Å². The average Bonchev–Trinajstić information content (AvgIpc) is 2.39. The second-order valence-electron chi connectivity index (χ2n) is 7.71. The normalized spacial score (nSPS) is 11.3. The van der Waals surface area contributed by atoms with Crippen LogP contribution in [0.3, 0.4) is 0 Å². The van der Waals surface area contributed by atoms with Crippen molar-refractivity contribution in [3.63, 3.8) is 0 Å². The molecule has 0 saturated carbocycles. The molecule has 0 fully saturated rings. The molecule has 0 aliphatic carbocycles. The summed E-state index contributed by atoms with van der Waals surface area (Å²) in [6.07, 6.45) is -2.31. The first-order chi connectivity index (χ1) is 11.6. The third kappa shape index (κ3) is 9.80. The van der Waals surface area contributed by atoms with Crippen LogP contribution in [0.4, 0.5) is 9.59 Å². The van der Waals surface area contributed by atoms with Crippen molar-refractivity contribution in [3.05, 3.63) is 12.2 Å². The van der Waals surface area contributed by atoms with E-state index in [9.17, 15) is 19.2 Å². The summed E-state index contributed by atoms with van der Waals surface area (Å²) in [6.45, 7) is 14.6. The van der Waals surface area contributed by atoms with Crippen molar-refractivity contribution in [2.24, 2.45) is 0 Å². The van der Waals surface area contributed by atoms with Gasteiger partial charge in [-0.2, -0.15) is 0 Å². The summed E-state index contributed by atoms with van der Waals surface area (Å²) < 4.78 is 15.1. The highest BCUT2D eigenvalue weighted by Crippen LogP contribution is 2.16. The van der Waals surface area contributed by atoms with Gasteiger partial charge in [0, 0.05) is 12.0 Å². The quantitative estimate of drug-likeness (QED) is 0.315. The van der Waals surface area contributed by atoms with Crippen LogP contribution in [0.2, 0.25) is 0 Å². The number of esters is 1. The van der Waals surface area contributed by atoms with Crippen molar-refractivity contribution in [1.29, 1.82) is 0 Å². The average molecular weight is 371 g/mol. The molecule has 148 valence electrons. The van der Waals surface area contributed by atoms with E-state index >= 15 is 0 Å². The summed E-state index contributed by atoms with van der Waals surface area (Å²) in [5.41, 5.74) is -1.55. The van der Waals surface area contributed by atoms with Crippen LogP contribution in [-0.4, -0.2) is 46.8 Å². The Labute approximate surface area is 154 Å². The summed E-state index contributed by atoms with van der Waals surface area (Å²) in [5.74, 6) is -1.38. The van der Waals surface area contributed by atoms with Gasteiger partial charge in [-0.1, -0.05) is 6.58 Å². The third-order valence-corrected chi connectivity index (χ3v) is 2.52. The van der Waals surface area contributed by atoms with Crippen molar-refractivity contribution in [2.45, 2.75) is 72.5 Å². The second-order valence-corrected chi connectivity index (χ2v) is 7.71. The van der Waals surface area contributed by atoms with Crippen LogP contribution in [0, 0.1) is 0 Å². The first-order valence-electron chi connectivity index (χ1n) is 8.25. The van der Waals surface area contributed by atoms with Gasteiger partial charge in [0.15, 0.2) is 0 Å². The van der Waals surface area contributed by atoms with E-state index in [1.807, 2.05) is 0 Å². The Morgan fingerprint density at radius 1 is 0.885 bits per heavy atom. The molecule has 0 heterocycles. The molecule has 0 aliphatic rings. The van der Waals surface area contributed by atoms with Crippen molar-refractivity contribution in [1.82, 2.24) is 4.90 Å². The van der Waals surface area contributed by atoms with Crippen molar-refractivity contribution < 1.29 is 33.4 Å². The number of imide groups is 3. The van der Waals surface area contributed by atoms with Gasteiger partial charge in [0.25, 0.3) is 0 Å². The fourth-order valence-corrected chi connectivity index (χ4v) is 1.52. The Bertz CT molecular complexity index is 539.